The van der Waals surface area contributed by atoms with Crippen molar-refractivity contribution in [3.63, 3.8) is 0 Å². The number of carboxylic acids is 1. The number of nitrogens with zero attached hydrogens (tertiary/aromatic N) is 2. The SMILES string of the molecule is COc1ccc(S(=O)(=O)N2Cc3ccccc3N(C(=O)c3cc(C)co3)CC2C(=O)O)cc1. The molecular weight excluding hydrogens is 448 g/mol. The number of para-hydroxylation sites is 1. The molecule has 3 aromatic rings. The third-order valence-electron chi connectivity index (χ3n) is 5.45. The molecule has 172 valence electrons. The standard InChI is InChI=1S/C23H22N2O7S/c1-15-11-21(32-14-15)22(26)24-13-20(23(27)28)25(12-16-5-3-4-6-19(16)24)33(29,30)18-9-7-17(31-2)8-10-18/h3-11,14,20H,12-13H2,1-2H3,(H,27,28). The van der Waals surface area contributed by atoms with E-state index in [-0.39, 0.29) is 23.7 Å². The number of aryl methyl sites for hydroxylation is 1. The zero-order valence-corrected chi connectivity index (χ0v) is 18.8. The second kappa shape index (κ2) is 8.72. The lowest BCUT2D eigenvalue weighted by Gasteiger charge is -2.28. The molecule has 1 unspecified atom stereocenters. The van der Waals surface area contributed by atoms with Crippen molar-refractivity contribution in [3.05, 3.63) is 77.7 Å². The molecule has 1 aliphatic rings. The maximum absolute atomic E-state index is 13.5. The van der Waals surface area contributed by atoms with Crippen LogP contribution in [0.25, 0.3) is 0 Å². The minimum absolute atomic E-state index is 0.0397. The van der Waals surface area contributed by atoms with Crippen LogP contribution < -0.4 is 9.64 Å². The summed E-state index contributed by atoms with van der Waals surface area (Å²) in [6, 6.07) is 12.5. The first-order valence-electron chi connectivity index (χ1n) is 10.1. The van der Waals surface area contributed by atoms with Crippen LogP contribution in [0.3, 0.4) is 0 Å². The van der Waals surface area contributed by atoms with Crippen LogP contribution >= 0.6 is 0 Å². The first-order chi connectivity index (χ1) is 15.7. The van der Waals surface area contributed by atoms with Crippen molar-refractivity contribution in [1.29, 1.82) is 0 Å². The fourth-order valence-corrected chi connectivity index (χ4v) is 5.31. The molecule has 1 aliphatic heterocycles. The average Bonchev–Trinajstić information content (AvgIpc) is 3.15. The third kappa shape index (κ3) is 4.22. The summed E-state index contributed by atoms with van der Waals surface area (Å²) in [5.74, 6) is -1.41. The van der Waals surface area contributed by atoms with E-state index in [1.165, 1.54) is 42.5 Å². The number of aliphatic carboxylic acids is 1. The van der Waals surface area contributed by atoms with E-state index in [1.807, 2.05) is 0 Å². The topological polar surface area (TPSA) is 117 Å². The van der Waals surface area contributed by atoms with Crippen LogP contribution in [0.5, 0.6) is 5.75 Å². The van der Waals surface area contributed by atoms with E-state index in [2.05, 4.69) is 0 Å². The fraction of sp³-hybridized carbons (Fsp3) is 0.217. The zero-order valence-electron chi connectivity index (χ0n) is 18.0. The first-order valence-corrected chi connectivity index (χ1v) is 11.5. The molecule has 0 saturated heterocycles. The number of carbonyl (C=O) groups is 2. The van der Waals surface area contributed by atoms with Crippen molar-refractivity contribution in [2.24, 2.45) is 0 Å². The molecular formula is C23H22N2O7S. The van der Waals surface area contributed by atoms with Gasteiger partial charge in [-0.3, -0.25) is 9.59 Å². The molecule has 10 heteroatoms. The van der Waals surface area contributed by atoms with Crippen LogP contribution in [0, 0.1) is 6.92 Å². The van der Waals surface area contributed by atoms with Crippen LogP contribution in [0.15, 0.2) is 70.2 Å². The molecule has 4 rings (SSSR count). The van der Waals surface area contributed by atoms with Gasteiger partial charge in [-0.15, -0.1) is 0 Å². The second-order valence-corrected chi connectivity index (χ2v) is 9.50. The number of methoxy groups -OCH3 is 1. The highest BCUT2D eigenvalue weighted by Crippen LogP contribution is 2.32. The van der Waals surface area contributed by atoms with Crippen LogP contribution in [0.1, 0.15) is 21.7 Å². The summed E-state index contributed by atoms with van der Waals surface area (Å²) < 4.78 is 38.4. The largest absolute Gasteiger partial charge is 0.497 e. The molecule has 2 heterocycles. The number of furan rings is 1. The van der Waals surface area contributed by atoms with Gasteiger partial charge in [-0.25, -0.2) is 8.42 Å². The van der Waals surface area contributed by atoms with Gasteiger partial charge in [-0.05, 0) is 54.4 Å². The van der Waals surface area contributed by atoms with Crippen molar-refractivity contribution in [2.75, 3.05) is 18.6 Å². The Morgan fingerprint density at radius 2 is 1.82 bits per heavy atom. The molecule has 33 heavy (non-hydrogen) atoms. The molecule has 0 saturated carbocycles. The van der Waals surface area contributed by atoms with Gasteiger partial charge in [0, 0.05) is 12.2 Å². The lowest BCUT2D eigenvalue weighted by atomic mass is 10.1. The number of fused-ring (bicyclic) bond motifs is 1. The number of amides is 1. The van der Waals surface area contributed by atoms with E-state index in [1.54, 1.807) is 37.3 Å². The summed E-state index contributed by atoms with van der Waals surface area (Å²) in [5, 5.41) is 9.99. The number of sulfonamides is 1. The highest BCUT2D eigenvalue weighted by Gasteiger charge is 2.42. The summed E-state index contributed by atoms with van der Waals surface area (Å²) in [6.45, 7) is 1.16. The highest BCUT2D eigenvalue weighted by atomic mass is 32.2. The number of anilines is 1. The lowest BCUT2D eigenvalue weighted by Crippen LogP contribution is -2.50. The average molecular weight is 471 g/mol. The molecule has 0 bridgehead atoms. The summed E-state index contributed by atoms with van der Waals surface area (Å²) in [4.78, 5) is 26.7. The first kappa shape index (κ1) is 22.6. The number of hydrogen-bond donors (Lipinski definition) is 1. The minimum atomic E-state index is -4.22. The van der Waals surface area contributed by atoms with Gasteiger partial charge in [0.1, 0.15) is 11.8 Å². The van der Waals surface area contributed by atoms with E-state index in [4.69, 9.17) is 9.15 Å². The predicted molar refractivity (Wildman–Crippen MR) is 119 cm³/mol. The highest BCUT2D eigenvalue weighted by molar-refractivity contribution is 7.89. The molecule has 1 aromatic heterocycles. The maximum Gasteiger partial charge on any atom is 0.323 e. The maximum atomic E-state index is 13.5. The third-order valence-corrected chi connectivity index (χ3v) is 7.32. The summed E-state index contributed by atoms with van der Waals surface area (Å²) in [5.41, 5.74) is 1.66. The molecule has 0 radical (unpaired) electrons. The van der Waals surface area contributed by atoms with Crippen molar-refractivity contribution in [1.82, 2.24) is 4.31 Å². The predicted octanol–water partition coefficient (Wildman–Crippen LogP) is 2.90. The van der Waals surface area contributed by atoms with Crippen molar-refractivity contribution >= 4 is 27.6 Å². The van der Waals surface area contributed by atoms with Gasteiger partial charge in [0.15, 0.2) is 5.76 Å². The van der Waals surface area contributed by atoms with Crippen molar-refractivity contribution in [2.45, 2.75) is 24.4 Å². The summed E-state index contributed by atoms with van der Waals surface area (Å²) >= 11 is 0. The van der Waals surface area contributed by atoms with E-state index < -0.39 is 27.9 Å². The van der Waals surface area contributed by atoms with E-state index in [0.29, 0.717) is 17.0 Å². The molecule has 0 aliphatic carbocycles. The number of ether oxygens (including phenoxy) is 1. The Kier molecular flexibility index (Phi) is 5.96. The van der Waals surface area contributed by atoms with Crippen LogP contribution in [-0.4, -0.2) is 49.4 Å². The van der Waals surface area contributed by atoms with Crippen LogP contribution in [-0.2, 0) is 21.4 Å². The normalized spacial score (nSPS) is 16.7. The van der Waals surface area contributed by atoms with Gasteiger partial charge in [-0.2, -0.15) is 4.31 Å². The fourth-order valence-electron chi connectivity index (χ4n) is 3.75. The quantitative estimate of drug-likeness (QED) is 0.609. The summed E-state index contributed by atoms with van der Waals surface area (Å²) in [6.07, 6.45) is 1.42. The molecule has 1 amide bonds. The Morgan fingerprint density at radius 1 is 1.12 bits per heavy atom. The zero-order chi connectivity index (χ0) is 23.8. The monoisotopic (exact) mass is 470 g/mol. The van der Waals surface area contributed by atoms with E-state index in [0.717, 1.165) is 9.87 Å². The molecule has 2 aromatic carbocycles. The second-order valence-electron chi connectivity index (χ2n) is 7.61. The van der Waals surface area contributed by atoms with Gasteiger partial charge in [-0.1, -0.05) is 18.2 Å². The van der Waals surface area contributed by atoms with Gasteiger partial charge >= 0.3 is 5.97 Å². The van der Waals surface area contributed by atoms with Gasteiger partial charge in [0.05, 0.1) is 24.8 Å². The number of carbonyl (C=O) groups excluding carboxylic acids is 1. The van der Waals surface area contributed by atoms with E-state index >= 15 is 0 Å². The van der Waals surface area contributed by atoms with Crippen LogP contribution in [0.4, 0.5) is 5.69 Å². The molecule has 1 N–H and O–H groups in total. The molecule has 0 spiro atoms. The van der Waals surface area contributed by atoms with Gasteiger partial charge < -0.3 is 19.2 Å². The van der Waals surface area contributed by atoms with E-state index in [9.17, 15) is 23.1 Å². The number of benzene rings is 2. The Morgan fingerprint density at radius 3 is 2.42 bits per heavy atom. The Hall–Kier alpha value is -3.63. The minimum Gasteiger partial charge on any atom is -0.497 e. The lowest BCUT2D eigenvalue weighted by molar-refractivity contribution is -0.141. The van der Waals surface area contributed by atoms with Crippen LogP contribution in [0.2, 0.25) is 0 Å². The number of carboxylic acid groups (broad SMARTS) is 1. The number of hydrogen-bond acceptors (Lipinski definition) is 6. The van der Waals surface area contributed by atoms with Gasteiger partial charge in [0.2, 0.25) is 10.0 Å². The van der Waals surface area contributed by atoms with Gasteiger partial charge in [0.25, 0.3) is 5.91 Å². The Balaban J connectivity index is 1.80. The molecule has 1 atom stereocenters. The smallest absolute Gasteiger partial charge is 0.323 e. The Bertz CT molecular complexity index is 1300. The molecule has 0 fully saturated rings. The number of rotatable bonds is 5. The molecule has 9 nitrogen and oxygen atoms in total. The van der Waals surface area contributed by atoms with Crippen molar-refractivity contribution < 1.29 is 32.3 Å². The van der Waals surface area contributed by atoms with Crippen molar-refractivity contribution in [3.8, 4) is 5.75 Å². The summed E-state index contributed by atoms with van der Waals surface area (Å²) in [7, 11) is -2.76. The Labute approximate surface area is 190 Å².